The van der Waals surface area contributed by atoms with Gasteiger partial charge in [-0.25, -0.2) is 23.5 Å². The van der Waals surface area contributed by atoms with Crippen molar-refractivity contribution in [2.24, 2.45) is 5.14 Å². The molecule has 2 fully saturated rings. The van der Waals surface area contributed by atoms with Gasteiger partial charge in [0.1, 0.15) is 17.8 Å². The van der Waals surface area contributed by atoms with Crippen LogP contribution in [0, 0.1) is 6.92 Å². The maximum atomic E-state index is 13.2. The smallest absolute Gasteiger partial charge is 0.264 e. The van der Waals surface area contributed by atoms with Crippen molar-refractivity contribution in [2.75, 3.05) is 24.5 Å². The van der Waals surface area contributed by atoms with Crippen LogP contribution in [0.25, 0.3) is 11.0 Å². The highest BCUT2D eigenvalue weighted by molar-refractivity contribution is 7.89. The summed E-state index contributed by atoms with van der Waals surface area (Å²) >= 11 is 1.18. The predicted molar refractivity (Wildman–Crippen MR) is 110 cm³/mol. The van der Waals surface area contributed by atoms with Crippen LogP contribution in [-0.4, -0.2) is 59.4 Å². The van der Waals surface area contributed by atoms with Gasteiger partial charge in [-0.1, -0.05) is 0 Å². The Morgan fingerprint density at radius 2 is 2.10 bits per heavy atom. The van der Waals surface area contributed by atoms with Crippen molar-refractivity contribution < 1.29 is 13.2 Å². The minimum atomic E-state index is -3.84. The van der Waals surface area contributed by atoms with Crippen LogP contribution < -0.4 is 10.0 Å². The summed E-state index contributed by atoms with van der Waals surface area (Å²) in [6, 6.07) is 3.37. The molecule has 5 rings (SSSR count). The molecule has 3 aromatic heterocycles. The Bertz CT molecular complexity index is 1230. The monoisotopic (exact) mass is 432 g/mol. The lowest BCUT2D eigenvalue weighted by molar-refractivity contribution is 0.0629. The number of carbonyl (C=O) groups excluding carboxylic acids is 1. The molecule has 3 aromatic rings. The maximum absolute atomic E-state index is 13.2. The topological polar surface area (TPSA) is 125 Å². The third-order valence-electron chi connectivity index (χ3n) is 5.75. The average Bonchev–Trinajstić information content (AvgIpc) is 3.09. The number of carbonyl (C=O) groups is 1. The summed E-state index contributed by atoms with van der Waals surface area (Å²) in [4.78, 5) is 30.1. The molecule has 1 amide bonds. The summed E-state index contributed by atoms with van der Waals surface area (Å²) in [6.45, 7) is 3.57. The summed E-state index contributed by atoms with van der Waals surface area (Å²) in [7, 11) is -3.84. The van der Waals surface area contributed by atoms with Crippen molar-refractivity contribution in [3.05, 3.63) is 34.4 Å². The Kier molecular flexibility index (Phi) is 3.99. The van der Waals surface area contributed by atoms with Crippen LogP contribution in [0.5, 0.6) is 0 Å². The number of fused-ring (bicyclic) bond motifs is 1. The van der Waals surface area contributed by atoms with Gasteiger partial charge >= 0.3 is 0 Å². The number of thiophene rings is 1. The molecule has 1 saturated carbocycles. The average molecular weight is 433 g/mol. The van der Waals surface area contributed by atoms with Crippen LogP contribution in [0.1, 0.15) is 27.4 Å². The molecule has 29 heavy (non-hydrogen) atoms. The highest BCUT2D eigenvalue weighted by Crippen LogP contribution is 2.46. The molecule has 1 saturated heterocycles. The molecule has 1 aliphatic carbocycles. The van der Waals surface area contributed by atoms with Crippen LogP contribution in [-0.2, 0) is 10.0 Å². The molecule has 0 unspecified atom stereocenters. The fraction of sp³-hybridized carbons (Fsp3) is 0.389. The Hall–Kier alpha value is -2.50. The van der Waals surface area contributed by atoms with Crippen LogP contribution in [0.3, 0.4) is 0 Å². The molecule has 0 radical (unpaired) electrons. The van der Waals surface area contributed by atoms with Crippen molar-refractivity contribution in [3.63, 3.8) is 0 Å². The van der Waals surface area contributed by atoms with Gasteiger partial charge in [-0.15, -0.1) is 11.3 Å². The van der Waals surface area contributed by atoms with E-state index in [1.807, 2.05) is 17.2 Å². The number of sulfonamides is 1. The van der Waals surface area contributed by atoms with E-state index in [0.29, 0.717) is 29.4 Å². The van der Waals surface area contributed by atoms with Crippen LogP contribution >= 0.6 is 11.3 Å². The van der Waals surface area contributed by atoms with E-state index in [0.717, 1.165) is 29.7 Å². The molecular formula is C18H20N6O3S2. The lowest BCUT2D eigenvalue weighted by Crippen LogP contribution is -2.57. The van der Waals surface area contributed by atoms with E-state index in [2.05, 4.69) is 19.9 Å². The first-order valence-corrected chi connectivity index (χ1v) is 11.6. The zero-order valence-electron chi connectivity index (χ0n) is 15.8. The Morgan fingerprint density at radius 3 is 2.79 bits per heavy atom. The number of piperazine rings is 1. The standard InChI is InChI=1S/C18H20N6O3S2/c1-11-14(29(19,26)27)8-13(28-11)17(25)24-7-6-23(9-18(24)3-4-18)16-12-2-5-20-15(12)21-10-22-16/h2,5,8,10H,3-4,6-7,9H2,1H3,(H2,19,26,27)(H,20,21,22). The summed E-state index contributed by atoms with van der Waals surface area (Å²) in [5, 5.41) is 6.23. The second-order valence-corrected chi connectivity index (χ2v) is 10.4. The van der Waals surface area contributed by atoms with E-state index in [4.69, 9.17) is 5.14 Å². The first-order chi connectivity index (χ1) is 13.8. The third-order valence-corrected chi connectivity index (χ3v) is 7.95. The summed E-state index contributed by atoms with van der Waals surface area (Å²) in [5.74, 6) is 0.748. The van der Waals surface area contributed by atoms with E-state index in [1.165, 1.54) is 17.4 Å². The zero-order valence-corrected chi connectivity index (χ0v) is 17.4. The maximum Gasteiger partial charge on any atom is 0.264 e. The zero-order chi connectivity index (χ0) is 20.4. The van der Waals surface area contributed by atoms with Gasteiger partial charge < -0.3 is 14.8 Å². The number of hydrogen-bond donors (Lipinski definition) is 2. The largest absolute Gasteiger partial charge is 0.352 e. The minimum absolute atomic E-state index is 0.0326. The number of aromatic amines is 1. The third kappa shape index (κ3) is 3.00. The number of nitrogens with one attached hydrogen (secondary N) is 1. The predicted octanol–water partition coefficient (Wildman–Crippen LogP) is 1.47. The van der Waals surface area contributed by atoms with Gasteiger partial charge in [0.15, 0.2) is 0 Å². The normalized spacial score (nSPS) is 18.6. The van der Waals surface area contributed by atoms with E-state index < -0.39 is 10.0 Å². The van der Waals surface area contributed by atoms with Crippen molar-refractivity contribution in [3.8, 4) is 0 Å². The molecule has 1 spiro atoms. The number of amides is 1. The fourth-order valence-electron chi connectivity index (χ4n) is 4.14. The molecule has 0 bridgehead atoms. The highest BCUT2D eigenvalue weighted by Gasteiger charge is 2.53. The summed E-state index contributed by atoms with van der Waals surface area (Å²) in [5.41, 5.74) is 0.561. The Balaban J connectivity index is 1.42. The van der Waals surface area contributed by atoms with Gasteiger partial charge in [-0.3, -0.25) is 4.79 Å². The lowest BCUT2D eigenvalue weighted by Gasteiger charge is -2.42. The van der Waals surface area contributed by atoms with Crippen LogP contribution in [0.15, 0.2) is 29.6 Å². The summed E-state index contributed by atoms with van der Waals surface area (Å²) in [6.07, 6.45) is 5.23. The molecule has 0 atom stereocenters. The molecule has 11 heteroatoms. The molecule has 1 aliphatic heterocycles. The number of hydrogen-bond acceptors (Lipinski definition) is 7. The Labute approximate surface area is 171 Å². The number of nitrogens with two attached hydrogens (primary N) is 1. The number of nitrogens with zero attached hydrogens (tertiary/aromatic N) is 4. The fourth-order valence-corrected chi connectivity index (χ4v) is 6.24. The van der Waals surface area contributed by atoms with Gasteiger partial charge in [-0.05, 0) is 31.9 Å². The van der Waals surface area contributed by atoms with Crippen molar-refractivity contribution >= 4 is 44.1 Å². The van der Waals surface area contributed by atoms with Crippen molar-refractivity contribution in [1.82, 2.24) is 19.9 Å². The first-order valence-electron chi connectivity index (χ1n) is 9.27. The molecule has 3 N–H and O–H groups in total. The van der Waals surface area contributed by atoms with Crippen molar-refractivity contribution in [1.29, 1.82) is 0 Å². The molecule has 2 aliphatic rings. The molecule has 4 heterocycles. The molecule has 152 valence electrons. The van der Waals surface area contributed by atoms with Gasteiger partial charge in [0.2, 0.25) is 10.0 Å². The van der Waals surface area contributed by atoms with Crippen molar-refractivity contribution in [2.45, 2.75) is 30.2 Å². The van der Waals surface area contributed by atoms with Gasteiger partial charge in [-0.2, -0.15) is 0 Å². The van der Waals surface area contributed by atoms with Crippen LogP contribution in [0.2, 0.25) is 0 Å². The Morgan fingerprint density at radius 1 is 1.31 bits per heavy atom. The van der Waals surface area contributed by atoms with E-state index >= 15 is 0 Å². The summed E-state index contributed by atoms with van der Waals surface area (Å²) < 4.78 is 23.5. The number of H-pyrrole nitrogens is 1. The quantitative estimate of drug-likeness (QED) is 0.646. The van der Waals surface area contributed by atoms with Crippen LogP contribution in [0.4, 0.5) is 5.82 Å². The minimum Gasteiger partial charge on any atom is -0.352 e. The van der Waals surface area contributed by atoms with E-state index in [-0.39, 0.29) is 16.3 Å². The molecule has 0 aromatic carbocycles. The lowest BCUT2D eigenvalue weighted by atomic mass is 10.1. The van der Waals surface area contributed by atoms with E-state index in [9.17, 15) is 13.2 Å². The second kappa shape index (κ2) is 6.25. The van der Waals surface area contributed by atoms with Gasteiger partial charge in [0, 0.05) is 30.7 Å². The highest BCUT2D eigenvalue weighted by atomic mass is 32.2. The van der Waals surface area contributed by atoms with Gasteiger partial charge in [0.05, 0.1) is 20.7 Å². The SMILES string of the molecule is Cc1sc(C(=O)N2CCN(c3ncnc4[nH]ccc34)CC23CC3)cc1S(N)(=O)=O. The second-order valence-electron chi connectivity index (χ2n) is 7.62. The van der Waals surface area contributed by atoms with E-state index in [1.54, 1.807) is 13.3 Å². The molecule has 9 nitrogen and oxygen atoms in total. The first kappa shape index (κ1) is 18.5. The number of aromatic nitrogens is 3. The molecular weight excluding hydrogens is 412 g/mol. The number of primary sulfonamides is 1. The number of anilines is 1. The number of aryl methyl sites for hydroxylation is 1. The number of rotatable bonds is 3. The van der Waals surface area contributed by atoms with Gasteiger partial charge in [0.25, 0.3) is 5.91 Å².